The highest BCUT2D eigenvalue weighted by atomic mass is 19.4. The molecule has 2 rings (SSSR count). The maximum Gasteiger partial charge on any atom is 0.471 e. The molecule has 0 spiro atoms. The van der Waals surface area contributed by atoms with Crippen molar-refractivity contribution in [2.24, 2.45) is 5.92 Å². The summed E-state index contributed by atoms with van der Waals surface area (Å²) in [7, 11) is 0. The van der Waals surface area contributed by atoms with Gasteiger partial charge < -0.3 is 4.90 Å². The van der Waals surface area contributed by atoms with Crippen LogP contribution in [-0.4, -0.2) is 29.6 Å². The van der Waals surface area contributed by atoms with Gasteiger partial charge in [0.25, 0.3) is 0 Å². The van der Waals surface area contributed by atoms with Gasteiger partial charge in [0, 0.05) is 6.54 Å². The minimum atomic E-state index is -4.88. The molecule has 0 bridgehead atoms. The van der Waals surface area contributed by atoms with Crippen LogP contribution in [-0.2, 0) is 17.6 Å². The Morgan fingerprint density at radius 2 is 1.50 bits per heavy atom. The number of benzene rings is 2. The van der Waals surface area contributed by atoms with Crippen LogP contribution in [0.4, 0.5) is 13.2 Å². The van der Waals surface area contributed by atoms with Gasteiger partial charge in [0.1, 0.15) is 0 Å². The van der Waals surface area contributed by atoms with Crippen molar-refractivity contribution in [3.8, 4) is 0 Å². The zero-order chi connectivity index (χ0) is 22.0. The Balaban J connectivity index is 2.22. The predicted molar refractivity (Wildman–Crippen MR) is 115 cm³/mol. The van der Waals surface area contributed by atoms with Crippen molar-refractivity contribution in [2.45, 2.75) is 51.7 Å². The number of alkyl halides is 3. The first-order valence-corrected chi connectivity index (χ1v) is 10.4. The van der Waals surface area contributed by atoms with Gasteiger partial charge in [0.2, 0.25) is 0 Å². The van der Waals surface area contributed by atoms with E-state index in [1.54, 1.807) is 6.08 Å². The Morgan fingerprint density at radius 1 is 0.933 bits per heavy atom. The number of hydrogen-bond acceptors (Lipinski definition) is 1. The first-order valence-electron chi connectivity index (χ1n) is 10.4. The second-order valence-corrected chi connectivity index (χ2v) is 7.89. The average Bonchev–Trinajstić information content (AvgIpc) is 2.72. The lowest BCUT2D eigenvalue weighted by atomic mass is 10.0. The number of aryl methyl sites for hydroxylation is 1. The Labute approximate surface area is 177 Å². The van der Waals surface area contributed by atoms with Crippen molar-refractivity contribution in [1.29, 1.82) is 0 Å². The third-order valence-electron chi connectivity index (χ3n) is 4.98. The topological polar surface area (TPSA) is 20.3 Å². The first-order chi connectivity index (χ1) is 14.3. The van der Waals surface area contributed by atoms with E-state index < -0.39 is 18.1 Å². The maximum atomic E-state index is 13.3. The molecular weight excluding hydrogens is 387 g/mol. The van der Waals surface area contributed by atoms with Crippen LogP contribution in [0.2, 0.25) is 0 Å². The summed E-state index contributed by atoms with van der Waals surface area (Å²) in [5, 5.41) is 0. The number of amides is 1. The highest BCUT2D eigenvalue weighted by Crippen LogP contribution is 2.23. The summed E-state index contributed by atoms with van der Waals surface area (Å²) in [4.78, 5) is 13.2. The van der Waals surface area contributed by atoms with E-state index in [9.17, 15) is 18.0 Å². The fourth-order valence-corrected chi connectivity index (χ4v) is 3.27. The van der Waals surface area contributed by atoms with Crippen molar-refractivity contribution in [1.82, 2.24) is 4.90 Å². The lowest BCUT2D eigenvalue weighted by Gasteiger charge is -2.31. The van der Waals surface area contributed by atoms with Gasteiger partial charge in [0.15, 0.2) is 0 Å². The van der Waals surface area contributed by atoms with E-state index in [-0.39, 0.29) is 12.5 Å². The molecule has 1 atom stereocenters. The van der Waals surface area contributed by atoms with E-state index in [1.165, 1.54) is 0 Å². The molecule has 0 aliphatic carbocycles. The molecule has 0 radical (unpaired) electrons. The van der Waals surface area contributed by atoms with Crippen molar-refractivity contribution in [3.05, 3.63) is 83.9 Å². The SMILES string of the molecule is CC(C)CCN(C(=O)C(F)(F)F)[C@@H](/C=C/Cc1ccccc1)CCc1ccccc1. The fourth-order valence-electron chi connectivity index (χ4n) is 3.27. The van der Waals surface area contributed by atoms with Gasteiger partial charge in [0.05, 0.1) is 6.04 Å². The van der Waals surface area contributed by atoms with E-state index in [2.05, 4.69) is 0 Å². The van der Waals surface area contributed by atoms with Crippen LogP contribution in [0.15, 0.2) is 72.8 Å². The lowest BCUT2D eigenvalue weighted by Crippen LogP contribution is -2.47. The molecule has 0 fully saturated rings. The minimum absolute atomic E-state index is 0.0884. The predicted octanol–water partition coefficient (Wildman–Crippen LogP) is 6.22. The number of hydrogen-bond donors (Lipinski definition) is 0. The fraction of sp³-hybridized carbons (Fsp3) is 0.400. The Hall–Kier alpha value is -2.56. The smallest absolute Gasteiger partial charge is 0.328 e. The Bertz CT molecular complexity index is 785. The highest BCUT2D eigenvalue weighted by molar-refractivity contribution is 5.82. The van der Waals surface area contributed by atoms with Crippen molar-refractivity contribution in [2.75, 3.05) is 6.54 Å². The highest BCUT2D eigenvalue weighted by Gasteiger charge is 2.44. The average molecular weight is 418 g/mol. The molecule has 0 aromatic heterocycles. The number of rotatable bonds is 10. The Kier molecular flexibility index (Phi) is 9.15. The van der Waals surface area contributed by atoms with Crippen molar-refractivity contribution < 1.29 is 18.0 Å². The molecule has 0 saturated heterocycles. The number of carbonyl (C=O) groups is 1. The molecule has 1 amide bonds. The van der Waals surface area contributed by atoms with Crippen molar-refractivity contribution in [3.63, 3.8) is 0 Å². The van der Waals surface area contributed by atoms with Gasteiger partial charge in [-0.15, -0.1) is 0 Å². The molecule has 0 saturated carbocycles. The summed E-state index contributed by atoms with van der Waals surface area (Å²) in [6.45, 7) is 3.98. The van der Waals surface area contributed by atoms with E-state index in [4.69, 9.17) is 0 Å². The first kappa shape index (κ1) is 23.7. The summed E-state index contributed by atoms with van der Waals surface area (Å²) >= 11 is 0. The summed E-state index contributed by atoms with van der Waals surface area (Å²) < 4.78 is 40.0. The monoisotopic (exact) mass is 417 g/mol. The molecule has 0 N–H and O–H groups in total. The molecule has 0 unspecified atom stereocenters. The number of carbonyl (C=O) groups excluding carboxylic acids is 1. The molecule has 0 aliphatic heterocycles. The minimum Gasteiger partial charge on any atom is -0.328 e. The molecule has 0 heterocycles. The summed E-state index contributed by atoms with van der Waals surface area (Å²) in [5.74, 6) is -1.55. The quantitative estimate of drug-likeness (QED) is 0.420. The molecular formula is C25H30F3NO. The van der Waals surface area contributed by atoms with Crippen LogP contribution in [0.1, 0.15) is 37.8 Å². The van der Waals surface area contributed by atoms with Gasteiger partial charge in [-0.2, -0.15) is 13.2 Å². The van der Waals surface area contributed by atoms with E-state index in [1.807, 2.05) is 80.6 Å². The van der Waals surface area contributed by atoms with E-state index in [0.717, 1.165) is 16.0 Å². The summed E-state index contributed by atoms with van der Waals surface area (Å²) in [5.41, 5.74) is 2.12. The van der Waals surface area contributed by atoms with Gasteiger partial charge >= 0.3 is 12.1 Å². The zero-order valence-corrected chi connectivity index (χ0v) is 17.6. The van der Waals surface area contributed by atoms with Crippen LogP contribution in [0.25, 0.3) is 0 Å². The summed E-state index contributed by atoms with van der Waals surface area (Å²) in [6, 6.07) is 18.7. The summed E-state index contributed by atoms with van der Waals surface area (Å²) in [6.07, 6.45) is 0.934. The normalized spacial score (nSPS) is 13.0. The number of allylic oxidation sites excluding steroid dienone is 1. The molecule has 162 valence electrons. The molecule has 2 aromatic rings. The zero-order valence-electron chi connectivity index (χ0n) is 17.6. The lowest BCUT2D eigenvalue weighted by molar-refractivity contribution is -0.187. The van der Waals surface area contributed by atoms with Gasteiger partial charge in [-0.25, -0.2) is 0 Å². The third-order valence-corrected chi connectivity index (χ3v) is 4.98. The second-order valence-electron chi connectivity index (χ2n) is 7.89. The van der Waals surface area contributed by atoms with Crippen LogP contribution in [0.3, 0.4) is 0 Å². The van der Waals surface area contributed by atoms with Gasteiger partial charge in [-0.3, -0.25) is 4.79 Å². The van der Waals surface area contributed by atoms with Crippen LogP contribution in [0.5, 0.6) is 0 Å². The molecule has 2 aromatic carbocycles. The van der Waals surface area contributed by atoms with Crippen LogP contribution >= 0.6 is 0 Å². The molecule has 30 heavy (non-hydrogen) atoms. The van der Waals surface area contributed by atoms with Crippen LogP contribution < -0.4 is 0 Å². The number of halogens is 3. The molecule has 0 aliphatic rings. The maximum absolute atomic E-state index is 13.3. The van der Waals surface area contributed by atoms with Gasteiger partial charge in [-0.05, 0) is 42.7 Å². The number of nitrogens with zero attached hydrogens (tertiary/aromatic N) is 1. The van der Waals surface area contributed by atoms with Gasteiger partial charge in [-0.1, -0.05) is 86.7 Å². The second kappa shape index (κ2) is 11.6. The molecule has 2 nitrogen and oxygen atoms in total. The Morgan fingerprint density at radius 3 is 2.03 bits per heavy atom. The van der Waals surface area contributed by atoms with E-state index in [0.29, 0.717) is 25.7 Å². The largest absolute Gasteiger partial charge is 0.471 e. The van der Waals surface area contributed by atoms with Crippen LogP contribution in [0, 0.1) is 5.92 Å². The standard InChI is InChI=1S/C25H30F3NO/c1-20(2)18-19-29(24(30)25(26,27)28)23(17-16-22-12-7-4-8-13-22)15-9-14-21-10-5-3-6-11-21/h3-13,15,20,23H,14,16-19H2,1-2H3/b15-9+/t23-/m0/s1. The van der Waals surface area contributed by atoms with E-state index >= 15 is 0 Å². The third kappa shape index (κ3) is 8.05. The van der Waals surface area contributed by atoms with Crippen molar-refractivity contribution >= 4 is 5.91 Å². The molecule has 5 heteroatoms.